The van der Waals surface area contributed by atoms with Crippen LogP contribution in [0.4, 0.5) is 5.82 Å². The third-order valence-electron chi connectivity index (χ3n) is 4.42. The molecule has 112 valence electrons. The molecular weight excluding hydrogens is 258 g/mol. The van der Waals surface area contributed by atoms with Gasteiger partial charge in [0.15, 0.2) is 0 Å². The van der Waals surface area contributed by atoms with E-state index >= 15 is 0 Å². The lowest BCUT2D eigenvalue weighted by Gasteiger charge is -2.31. The van der Waals surface area contributed by atoms with Gasteiger partial charge in [0.25, 0.3) is 0 Å². The Labute approximate surface area is 127 Å². The summed E-state index contributed by atoms with van der Waals surface area (Å²) in [5, 5.41) is 4.83. The maximum atomic E-state index is 4.72. The van der Waals surface area contributed by atoms with E-state index in [0.29, 0.717) is 6.04 Å². The van der Waals surface area contributed by atoms with E-state index in [0.717, 1.165) is 17.3 Å². The van der Waals surface area contributed by atoms with Gasteiger partial charge in [-0.25, -0.2) is 4.98 Å². The van der Waals surface area contributed by atoms with Gasteiger partial charge in [-0.3, -0.25) is 0 Å². The molecule has 1 aromatic heterocycles. The van der Waals surface area contributed by atoms with Gasteiger partial charge < -0.3 is 10.2 Å². The van der Waals surface area contributed by atoms with Crippen LogP contribution in [0, 0.1) is 5.92 Å². The normalized spacial score (nSPS) is 22.6. The van der Waals surface area contributed by atoms with E-state index < -0.39 is 0 Å². The third kappa shape index (κ3) is 3.73. The topological polar surface area (TPSA) is 28.2 Å². The first-order valence-corrected chi connectivity index (χ1v) is 7.98. The van der Waals surface area contributed by atoms with Crippen LogP contribution in [0.3, 0.4) is 0 Å². The van der Waals surface area contributed by atoms with E-state index in [4.69, 9.17) is 4.98 Å². The Morgan fingerprint density at radius 1 is 1.05 bits per heavy atom. The highest BCUT2D eigenvalue weighted by Gasteiger charge is 2.21. The molecule has 3 nitrogen and oxygen atoms in total. The number of para-hydroxylation sites is 1. The third-order valence-corrected chi connectivity index (χ3v) is 4.42. The molecule has 1 heterocycles. The van der Waals surface area contributed by atoms with Crippen LogP contribution in [0.25, 0.3) is 10.9 Å². The molecule has 3 rings (SSSR count). The van der Waals surface area contributed by atoms with E-state index in [9.17, 15) is 0 Å². The first-order chi connectivity index (χ1) is 10.2. The van der Waals surface area contributed by atoms with Crippen molar-refractivity contribution >= 4 is 16.7 Å². The van der Waals surface area contributed by atoms with Gasteiger partial charge in [-0.2, -0.15) is 0 Å². The minimum Gasteiger partial charge on any atom is -0.367 e. The minimum absolute atomic E-state index is 0.581. The Hall–Kier alpha value is -1.61. The maximum absolute atomic E-state index is 4.72. The maximum Gasteiger partial charge on any atom is 0.126 e. The standard InChI is InChI=1S/C18H25N3/c1-21(2)13-14-7-10-16(11-8-14)19-18-12-9-15-5-3-4-6-17(15)20-18/h3-6,9,12,14,16H,7-8,10-11,13H2,1-2H3,(H,19,20)/t14-,16-. The molecule has 0 spiro atoms. The Kier molecular flexibility index (Phi) is 4.39. The highest BCUT2D eigenvalue weighted by Crippen LogP contribution is 2.27. The Balaban J connectivity index is 1.59. The first kappa shape index (κ1) is 14.3. The van der Waals surface area contributed by atoms with Crippen LogP contribution in [0.1, 0.15) is 25.7 Å². The Morgan fingerprint density at radius 3 is 2.57 bits per heavy atom. The molecule has 1 aliphatic rings. The molecule has 0 bridgehead atoms. The zero-order chi connectivity index (χ0) is 14.7. The smallest absolute Gasteiger partial charge is 0.126 e. The molecule has 0 unspecified atom stereocenters. The number of fused-ring (bicyclic) bond motifs is 1. The van der Waals surface area contributed by atoms with Crippen LogP contribution in [-0.2, 0) is 0 Å². The molecule has 1 aliphatic carbocycles. The number of nitrogens with zero attached hydrogens (tertiary/aromatic N) is 2. The summed E-state index contributed by atoms with van der Waals surface area (Å²) in [6.07, 6.45) is 5.16. The van der Waals surface area contributed by atoms with E-state index in [-0.39, 0.29) is 0 Å². The van der Waals surface area contributed by atoms with E-state index in [1.54, 1.807) is 0 Å². The largest absolute Gasteiger partial charge is 0.367 e. The lowest BCUT2D eigenvalue weighted by Crippen LogP contribution is -2.31. The molecule has 3 heteroatoms. The van der Waals surface area contributed by atoms with Crippen LogP contribution >= 0.6 is 0 Å². The number of nitrogens with one attached hydrogen (secondary N) is 1. The van der Waals surface area contributed by atoms with Crippen LogP contribution < -0.4 is 5.32 Å². The molecule has 2 aromatic rings. The van der Waals surface area contributed by atoms with Gasteiger partial charge in [-0.05, 0) is 63.9 Å². The highest BCUT2D eigenvalue weighted by molar-refractivity contribution is 5.80. The van der Waals surface area contributed by atoms with E-state index in [1.807, 2.05) is 6.07 Å². The highest BCUT2D eigenvalue weighted by atomic mass is 15.1. The fraction of sp³-hybridized carbons (Fsp3) is 0.500. The molecular formula is C18H25N3. The lowest BCUT2D eigenvalue weighted by molar-refractivity contribution is 0.255. The van der Waals surface area contributed by atoms with Gasteiger partial charge in [0.1, 0.15) is 5.82 Å². The molecule has 0 radical (unpaired) electrons. The van der Waals surface area contributed by atoms with Crippen LogP contribution in [0.15, 0.2) is 36.4 Å². The van der Waals surface area contributed by atoms with Crippen molar-refractivity contribution in [2.45, 2.75) is 31.7 Å². The van der Waals surface area contributed by atoms with E-state index in [1.165, 1.54) is 37.6 Å². The molecule has 1 saturated carbocycles. The zero-order valence-electron chi connectivity index (χ0n) is 13.0. The van der Waals surface area contributed by atoms with Gasteiger partial charge in [-0.15, -0.1) is 0 Å². The van der Waals surface area contributed by atoms with Gasteiger partial charge in [-0.1, -0.05) is 18.2 Å². The van der Waals surface area contributed by atoms with Crippen molar-refractivity contribution in [3.05, 3.63) is 36.4 Å². The fourth-order valence-electron chi connectivity index (χ4n) is 3.36. The number of rotatable bonds is 4. The summed E-state index contributed by atoms with van der Waals surface area (Å²) in [6, 6.07) is 13.1. The summed E-state index contributed by atoms with van der Waals surface area (Å²) in [5.74, 6) is 1.88. The predicted octanol–water partition coefficient (Wildman–Crippen LogP) is 3.77. The van der Waals surface area contributed by atoms with Crippen molar-refractivity contribution in [3.8, 4) is 0 Å². The summed E-state index contributed by atoms with van der Waals surface area (Å²) in [5.41, 5.74) is 1.07. The SMILES string of the molecule is CN(C)C[C@H]1CC[C@H](Nc2ccc3ccccc3n2)CC1. The summed E-state index contributed by atoms with van der Waals surface area (Å²) in [4.78, 5) is 7.03. The van der Waals surface area contributed by atoms with Crippen molar-refractivity contribution in [1.29, 1.82) is 0 Å². The van der Waals surface area contributed by atoms with Crippen molar-refractivity contribution in [2.24, 2.45) is 5.92 Å². The van der Waals surface area contributed by atoms with Crippen molar-refractivity contribution in [3.63, 3.8) is 0 Å². The van der Waals surface area contributed by atoms with Gasteiger partial charge in [0, 0.05) is 18.0 Å². The number of anilines is 1. The summed E-state index contributed by atoms with van der Waals surface area (Å²) < 4.78 is 0. The van der Waals surface area contributed by atoms with Crippen LogP contribution in [0.5, 0.6) is 0 Å². The van der Waals surface area contributed by atoms with E-state index in [2.05, 4.69) is 54.6 Å². The number of aromatic nitrogens is 1. The number of benzene rings is 1. The quantitative estimate of drug-likeness (QED) is 0.926. The Bertz CT molecular complexity index is 586. The molecule has 0 atom stereocenters. The lowest BCUT2D eigenvalue weighted by atomic mass is 9.86. The molecule has 21 heavy (non-hydrogen) atoms. The number of pyridine rings is 1. The molecule has 1 aromatic carbocycles. The second-order valence-corrected chi connectivity index (χ2v) is 6.51. The zero-order valence-corrected chi connectivity index (χ0v) is 13.0. The van der Waals surface area contributed by atoms with Crippen LogP contribution in [-0.4, -0.2) is 36.6 Å². The summed E-state index contributed by atoms with van der Waals surface area (Å²) in [6.45, 7) is 1.22. The van der Waals surface area contributed by atoms with Gasteiger partial charge in [0.05, 0.1) is 5.52 Å². The fourth-order valence-corrected chi connectivity index (χ4v) is 3.36. The van der Waals surface area contributed by atoms with Crippen molar-refractivity contribution in [1.82, 2.24) is 9.88 Å². The number of hydrogen-bond donors (Lipinski definition) is 1. The second kappa shape index (κ2) is 6.44. The average molecular weight is 283 g/mol. The molecule has 0 amide bonds. The number of hydrogen-bond acceptors (Lipinski definition) is 3. The Morgan fingerprint density at radius 2 is 1.81 bits per heavy atom. The molecule has 0 aliphatic heterocycles. The summed E-state index contributed by atoms with van der Waals surface area (Å²) >= 11 is 0. The van der Waals surface area contributed by atoms with Gasteiger partial charge in [0.2, 0.25) is 0 Å². The monoisotopic (exact) mass is 283 g/mol. The van der Waals surface area contributed by atoms with Gasteiger partial charge >= 0.3 is 0 Å². The predicted molar refractivity (Wildman–Crippen MR) is 89.7 cm³/mol. The van der Waals surface area contributed by atoms with Crippen LogP contribution in [0.2, 0.25) is 0 Å². The van der Waals surface area contributed by atoms with Crippen molar-refractivity contribution in [2.75, 3.05) is 26.0 Å². The molecule has 1 fully saturated rings. The minimum atomic E-state index is 0.581. The molecule has 0 saturated heterocycles. The average Bonchev–Trinajstić information content (AvgIpc) is 2.49. The second-order valence-electron chi connectivity index (χ2n) is 6.51. The van der Waals surface area contributed by atoms with Crippen molar-refractivity contribution < 1.29 is 0 Å². The summed E-state index contributed by atoms with van der Waals surface area (Å²) in [7, 11) is 4.34. The first-order valence-electron chi connectivity index (χ1n) is 7.98. The molecule has 1 N–H and O–H groups in total.